The van der Waals surface area contributed by atoms with E-state index in [9.17, 15) is 9.90 Å². The van der Waals surface area contributed by atoms with Gasteiger partial charge < -0.3 is 14.6 Å². The number of benzene rings is 1. The van der Waals surface area contributed by atoms with Crippen LogP contribution in [0, 0.1) is 6.92 Å². The minimum atomic E-state index is -0.569. The molecule has 4 heteroatoms. The summed E-state index contributed by atoms with van der Waals surface area (Å²) in [6.07, 6.45) is 2.54. The number of esters is 1. The molecule has 1 heterocycles. The first kappa shape index (κ1) is 13.6. The molecule has 0 saturated carbocycles. The number of carbonyl (C=O) groups is 1. The van der Waals surface area contributed by atoms with Crippen molar-refractivity contribution in [2.45, 2.75) is 32.5 Å². The van der Waals surface area contributed by atoms with Crippen LogP contribution >= 0.6 is 0 Å². The molecule has 0 aliphatic carbocycles. The molecular formula is C15H18O4. The largest absolute Gasteiger partial charge is 0.486 e. The van der Waals surface area contributed by atoms with Gasteiger partial charge in [-0.15, -0.1) is 0 Å². The standard InChI is InChI=1S/C15H18O4/c1-3-18-14(17)8-7-11-9-13(16)12-6-4-5-10(2)15(12)19-11/h4-8,11,13,16H,3,9H2,1-2H3/b8-7+. The maximum absolute atomic E-state index is 11.3. The molecule has 19 heavy (non-hydrogen) atoms. The van der Waals surface area contributed by atoms with Crippen LogP contribution in [0.1, 0.15) is 30.6 Å². The third-order valence-electron chi connectivity index (χ3n) is 3.06. The number of carbonyl (C=O) groups excluding carboxylic acids is 1. The van der Waals surface area contributed by atoms with E-state index in [1.807, 2.05) is 25.1 Å². The molecule has 1 aromatic carbocycles. The molecule has 0 bridgehead atoms. The fourth-order valence-electron chi connectivity index (χ4n) is 2.14. The Morgan fingerprint density at radius 3 is 3.11 bits per heavy atom. The third-order valence-corrected chi connectivity index (χ3v) is 3.06. The summed E-state index contributed by atoms with van der Waals surface area (Å²) in [5.74, 6) is 0.316. The van der Waals surface area contributed by atoms with Crippen LogP contribution in [-0.2, 0) is 9.53 Å². The average molecular weight is 262 g/mol. The monoisotopic (exact) mass is 262 g/mol. The summed E-state index contributed by atoms with van der Waals surface area (Å²) in [5, 5.41) is 10.1. The van der Waals surface area contributed by atoms with Gasteiger partial charge in [0.05, 0.1) is 12.7 Å². The molecule has 2 unspecified atom stereocenters. The summed E-state index contributed by atoms with van der Waals surface area (Å²) >= 11 is 0. The van der Waals surface area contributed by atoms with Crippen molar-refractivity contribution in [2.24, 2.45) is 0 Å². The van der Waals surface area contributed by atoms with Crippen molar-refractivity contribution in [1.82, 2.24) is 0 Å². The van der Waals surface area contributed by atoms with Gasteiger partial charge in [-0.1, -0.05) is 18.2 Å². The van der Waals surface area contributed by atoms with Crippen molar-refractivity contribution in [1.29, 1.82) is 0 Å². The van der Waals surface area contributed by atoms with Crippen molar-refractivity contribution in [3.63, 3.8) is 0 Å². The van der Waals surface area contributed by atoms with Gasteiger partial charge in [0.1, 0.15) is 11.9 Å². The van der Waals surface area contributed by atoms with Crippen molar-refractivity contribution in [3.05, 3.63) is 41.5 Å². The summed E-state index contributed by atoms with van der Waals surface area (Å²) < 4.78 is 10.6. The quantitative estimate of drug-likeness (QED) is 0.671. The van der Waals surface area contributed by atoms with Gasteiger partial charge in [-0.3, -0.25) is 0 Å². The van der Waals surface area contributed by atoms with Crippen molar-refractivity contribution in [3.8, 4) is 5.75 Å². The molecule has 0 spiro atoms. The maximum Gasteiger partial charge on any atom is 0.330 e. The van der Waals surface area contributed by atoms with E-state index in [1.165, 1.54) is 6.08 Å². The second-order valence-electron chi connectivity index (χ2n) is 4.51. The number of hydrogen-bond donors (Lipinski definition) is 1. The number of fused-ring (bicyclic) bond motifs is 1. The molecule has 4 nitrogen and oxygen atoms in total. The number of aliphatic hydroxyl groups is 1. The Bertz CT molecular complexity index is 493. The van der Waals surface area contributed by atoms with Crippen molar-refractivity contribution >= 4 is 5.97 Å². The zero-order valence-electron chi connectivity index (χ0n) is 11.1. The highest BCUT2D eigenvalue weighted by atomic mass is 16.5. The lowest BCUT2D eigenvalue weighted by molar-refractivity contribution is -0.137. The second-order valence-corrected chi connectivity index (χ2v) is 4.51. The summed E-state index contributed by atoms with van der Waals surface area (Å²) in [6.45, 7) is 4.04. The average Bonchev–Trinajstić information content (AvgIpc) is 2.38. The summed E-state index contributed by atoms with van der Waals surface area (Å²) in [4.78, 5) is 11.3. The smallest absolute Gasteiger partial charge is 0.330 e. The maximum atomic E-state index is 11.3. The van der Waals surface area contributed by atoms with E-state index in [2.05, 4.69) is 0 Å². The van der Waals surface area contributed by atoms with Gasteiger partial charge in [0, 0.05) is 18.1 Å². The highest BCUT2D eigenvalue weighted by Crippen LogP contribution is 2.37. The van der Waals surface area contributed by atoms with E-state index in [0.29, 0.717) is 18.8 Å². The molecule has 102 valence electrons. The van der Waals surface area contributed by atoms with Crippen molar-refractivity contribution in [2.75, 3.05) is 6.61 Å². The van der Waals surface area contributed by atoms with Gasteiger partial charge in [-0.25, -0.2) is 4.79 Å². The van der Waals surface area contributed by atoms with Crippen LogP contribution in [0.15, 0.2) is 30.4 Å². The van der Waals surface area contributed by atoms with Gasteiger partial charge >= 0.3 is 5.97 Å². The van der Waals surface area contributed by atoms with Gasteiger partial charge in [-0.2, -0.15) is 0 Å². The Balaban J connectivity index is 2.12. The fraction of sp³-hybridized carbons (Fsp3) is 0.400. The van der Waals surface area contributed by atoms with E-state index in [1.54, 1.807) is 13.0 Å². The topological polar surface area (TPSA) is 55.8 Å². The van der Waals surface area contributed by atoms with E-state index >= 15 is 0 Å². The van der Waals surface area contributed by atoms with E-state index < -0.39 is 12.1 Å². The summed E-state index contributed by atoms with van der Waals surface area (Å²) in [7, 11) is 0. The van der Waals surface area contributed by atoms with Crippen LogP contribution in [-0.4, -0.2) is 23.8 Å². The van der Waals surface area contributed by atoms with Gasteiger partial charge in [0.15, 0.2) is 0 Å². The Kier molecular flexibility index (Phi) is 4.22. The molecule has 0 radical (unpaired) electrons. The van der Waals surface area contributed by atoms with E-state index in [-0.39, 0.29) is 6.10 Å². The Labute approximate surface area is 112 Å². The normalized spacial score (nSPS) is 21.8. The highest BCUT2D eigenvalue weighted by Gasteiger charge is 2.26. The van der Waals surface area contributed by atoms with Gasteiger partial charge in [0.25, 0.3) is 0 Å². The lowest BCUT2D eigenvalue weighted by Gasteiger charge is -2.29. The van der Waals surface area contributed by atoms with E-state index in [4.69, 9.17) is 9.47 Å². The molecule has 0 aromatic heterocycles. The van der Waals surface area contributed by atoms with Crippen LogP contribution in [0.3, 0.4) is 0 Å². The van der Waals surface area contributed by atoms with Crippen LogP contribution in [0.5, 0.6) is 5.75 Å². The molecule has 1 aromatic rings. The first-order valence-electron chi connectivity index (χ1n) is 6.41. The molecule has 0 fully saturated rings. The molecule has 1 N–H and O–H groups in total. The number of hydrogen-bond acceptors (Lipinski definition) is 4. The van der Waals surface area contributed by atoms with E-state index in [0.717, 1.165) is 11.1 Å². The lowest BCUT2D eigenvalue weighted by Crippen LogP contribution is -2.24. The zero-order chi connectivity index (χ0) is 13.8. The fourth-order valence-corrected chi connectivity index (χ4v) is 2.14. The Morgan fingerprint density at radius 2 is 2.37 bits per heavy atom. The number of aliphatic hydroxyl groups excluding tert-OH is 1. The third kappa shape index (κ3) is 3.15. The Hall–Kier alpha value is -1.81. The first-order chi connectivity index (χ1) is 9.11. The molecule has 2 atom stereocenters. The van der Waals surface area contributed by atoms with Gasteiger partial charge in [0.2, 0.25) is 0 Å². The Morgan fingerprint density at radius 1 is 1.58 bits per heavy atom. The van der Waals surface area contributed by atoms with Crippen LogP contribution < -0.4 is 4.74 Å². The number of rotatable bonds is 3. The molecule has 0 amide bonds. The number of para-hydroxylation sites is 1. The number of aryl methyl sites for hydroxylation is 1. The molecular weight excluding hydrogens is 244 g/mol. The molecule has 0 saturated heterocycles. The lowest BCUT2D eigenvalue weighted by atomic mass is 9.96. The van der Waals surface area contributed by atoms with Crippen LogP contribution in [0.25, 0.3) is 0 Å². The molecule has 1 aliphatic heterocycles. The second kappa shape index (κ2) is 5.89. The van der Waals surface area contributed by atoms with Crippen LogP contribution in [0.2, 0.25) is 0 Å². The zero-order valence-corrected chi connectivity index (χ0v) is 11.1. The SMILES string of the molecule is CCOC(=O)/C=C/C1CC(O)c2cccc(C)c2O1. The predicted molar refractivity (Wildman–Crippen MR) is 70.9 cm³/mol. The van der Waals surface area contributed by atoms with Crippen molar-refractivity contribution < 1.29 is 19.4 Å². The minimum absolute atomic E-state index is 0.312. The summed E-state index contributed by atoms with van der Waals surface area (Å²) in [5.41, 5.74) is 1.78. The van der Waals surface area contributed by atoms with Crippen LogP contribution in [0.4, 0.5) is 0 Å². The molecule has 1 aliphatic rings. The minimum Gasteiger partial charge on any atom is -0.486 e. The molecule has 2 rings (SSSR count). The predicted octanol–water partition coefficient (Wildman–Crippen LogP) is 2.30. The highest BCUT2D eigenvalue weighted by molar-refractivity contribution is 5.81. The van der Waals surface area contributed by atoms with Gasteiger partial charge in [-0.05, 0) is 25.5 Å². The first-order valence-corrected chi connectivity index (χ1v) is 6.41. The summed E-state index contributed by atoms with van der Waals surface area (Å²) in [6, 6.07) is 5.69. The number of ether oxygens (including phenoxy) is 2.